The van der Waals surface area contributed by atoms with E-state index >= 15 is 0 Å². The predicted molar refractivity (Wildman–Crippen MR) is 88.3 cm³/mol. The van der Waals surface area contributed by atoms with Crippen molar-refractivity contribution < 1.29 is 9.53 Å². The van der Waals surface area contributed by atoms with Crippen molar-refractivity contribution in [1.82, 2.24) is 0 Å². The number of hydrogen-bond acceptors (Lipinski definition) is 2. The molecule has 108 valence electrons. The first-order chi connectivity index (χ1) is 10.8. The van der Waals surface area contributed by atoms with Crippen LogP contribution in [0.4, 0.5) is 0 Å². The zero-order chi connectivity index (χ0) is 15.4. The molecule has 0 heterocycles. The lowest BCUT2D eigenvalue weighted by Gasteiger charge is -2.10. The molecule has 0 unspecified atom stereocenters. The lowest BCUT2D eigenvalue weighted by Crippen LogP contribution is -2.04. The highest BCUT2D eigenvalue weighted by atomic mass is 16.5. The van der Waals surface area contributed by atoms with Crippen molar-refractivity contribution in [2.24, 2.45) is 0 Å². The van der Waals surface area contributed by atoms with Crippen LogP contribution in [0.3, 0.4) is 0 Å². The van der Waals surface area contributed by atoms with Crippen LogP contribution in [-0.2, 0) is 0 Å². The minimum Gasteiger partial charge on any atom is -0.496 e. The second-order valence-electron chi connectivity index (χ2n) is 4.98. The Bertz CT molecular complexity index is 777. The van der Waals surface area contributed by atoms with Crippen LogP contribution in [0.15, 0.2) is 78.9 Å². The molecule has 0 spiro atoms. The van der Waals surface area contributed by atoms with Crippen LogP contribution >= 0.6 is 0 Å². The van der Waals surface area contributed by atoms with Gasteiger partial charge in [-0.1, -0.05) is 66.7 Å². The molecular formula is C20H16O2. The third-order valence-electron chi connectivity index (χ3n) is 3.59. The first-order valence-corrected chi connectivity index (χ1v) is 7.13. The first-order valence-electron chi connectivity index (χ1n) is 7.13. The molecule has 0 aliphatic rings. The van der Waals surface area contributed by atoms with Crippen molar-refractivity contribution in [3.05, 3.63) is 90.0 Å². The van der Waals surface area contributed by atoms with E-state index in [4.69, 9.17) is 4.74 Å². The topological polar surface area (TPSA) is 26.3 Å². The van der Waals surface area contributed by atoms with Gasteiger partial charge in [-0.05, 0) is 23.3 Å². The van der Waals surface area contributed by atoms with Gasteiger partial charge in [-0.15, -0.1) is 0 Å². The summed E-state index contributed by atoms with van der Waals surface area (Å²) in [4.78, 5) is 12.6. The van der Waals surface area contributed by atoms with E-state index < -0.39 is 0 Å². The van der Waals surface area contributed by atoms with Crippen molar-refractivity contribution in [3.8, 4) is 16.9 Å². The molecule has 0 N–H and O–H groups in total. The zero-order valence-electron chi connectivity index (χ0n) is 12.3. The van der Waals surface area contributed by atoms with Crippen molar-refractivity contribution in [2.45, 2.75) is 0 Å². The van der Waals surface area contributed by atoms with Gasteiger partial charge in [0.15, 0.2) is 5.78 Å². The van der Waals surface area contributed by atoms with E-state index in [2.05, 4.69) is 0 Å². The zero-order valence-corrected chi connectivity index (χ0v) is 12.3. The average Bonchev–Trinajstić information content (AvgIpc) is 2.62. The Morgan fingerprint density at radius 2 is 1.41 bits per heavy atom. The molecule has 0 amide bonds. The van der Waals surface area contributed by atoms with E-state index in [-0.39, 0.29) is 5.78 Å². The summed E-state index contributed by atoms with van der Waals surface area (Å²) in [6, 6.07) is 25.0. The van der Waals surface area contributed by atoms with Gasteiger partial charge in [0.1, 0.15) is 5.75 Å². The summed E-state index contributed by atoms with van der Waals surface area (Å²) in [5.41, 5.74) is 3.36. The Morgan fingerprint density at radius 1 is 0.773 bits per heavy atom. The molecule has 2 nitrogen and oxygen atoms in total. The van der Waals surface area contributed by atoms with E-state index in [0.717, 1.165) is 11.1 Å². The maximum Gasteiger partial charge on any atom is 0.196 e. The molecule has 3 rings (SSSR count). The first kappa shape index (κ1) is 14.1. The average molecular weight is 288 g/mol. The van der Waals surface area contributed by atoms with E-state index in [0.29, 0.717) is 16.9 Å². The maximum absolute atomic E-state index is 12.6. The Labute approximate surface area is 130 Å². The lowest BCUT2D eigenvalue weighted by atomic mass is 9.98. The predicted octanol–water partition coefficient (Wildman–Crippen LogP) is 4.59. The molecular weight excluding hydrogens is 272 g/mol. The molecule has 0 saturated carbocycles. The SMILES string of the molecule is COc1cc(-c2ccccc2)ccc1C(=O)c1ccccc1. The summed E-state index contributed by atoms with van der Waals surface area (Å²) in [6.45, 7) is 0. The Kier molecular flexibility index (Phi) is 4.01. The largest absolute Gasteiger partial charge is 0.496 e. The van der Waals surface area contributed by atoms with Gasteiger partial charge in [0.2, 0.25) is 0 Å². The molecule has 0 aliphatic heterocycles. The summed E-state index contributed by atoms with van der Waals surface area (Å²) < 4.78 is 5.43. The summed E-state index contributed by atoms with van der Waals surface area (Å²) in [5, 5.41) is 0. The van der Waals surface area contributed by atoms with E-state index in [1.807, 2.05) is 78.9 Å². The summed E-state index contributed by atoms with van der Waals surface area (Å²) in [7, 11) is 1.59. The van der Waals surface area contributed by atoms with Gasteiger partial charge in [0, 0.05) is 5.56 Å². The summed E-state index contributed by atoms with van der Waals surface area (Å²) >= 11 is 0. The molecule has 0 saturated heterocycles. The smallest absolute Gasteiger partial charge is 0.196 e. The molecule has 22 heavy (non-hydrogen) atoms. The van der Waals surface area contributed by atoms with Gasteiger partial charge in [-0.25, -0.2) is 0 Å². The summed E-state index contributed by atoms with van der Waals surface area (Å²) in [5.74, 6) is 0.562. The van der Waals surface area contributed by atoms with Crippen LogP contribution < -0.4 is 4.74 Å². The Morgan fingerprint density at radius 3 is 2.05 bits per heavy atom. The second kappa shape index (κ2) is 6.27. The van der Waals surface area contributed by atoms with E-state index in [1.165, 1.54) is 0 Å². The number of methoxy groups -OCH3 is 1. The van der Waals surface area contributed by atoms with Crippen LogP contribution in [0.1, 0.15) is 15.9 Å². The van der Waals surface area contributed by atoms with Crippen molar-refractivity contribution in [2.75, 3.05) is 7.11 Å². The quantitative estimate of drug-likeness (QED) is 0.656. The van der Waals surface area contributed by atoms with Crippen molar-refractivity contribution in [3.63, 3.8) is 0 Å². The number of ketones is 1. The highest BCUT2D eigenvalue weighted by Crippen LogP contribution is 2.28. The fourth-order valence-electron chi connectivity index (χ4n) is 2.43. The van der Waals surface area contributed by atoms with Crippen LogP contribution in [-0.4, -0.2) is 12.9 Å². The minimum absolute atomic E-state index is 0.0305. The second-order valence-corrected chi connectivity index (χ2v) is 4.98. The molecule has 0 radical (unpaired) electrons. The summed E-state index contributed by atoms with van der Waals surface area (Å²) in [6.07, 6.45) is 0. The molecule has 0 fully saturated rings. The highest BCUT2D eigenvalue weighted by molar-refractivity contribution is 6.11. The molecule has 2 heteroatoms. The number of rotatable bonds is 4. The normalized spacial score (nSPS) is 10.2. The van der Waals surface area contributed by atoms with Crippen LogP contribution in [0.2, 0.25) is 0 Å². The van der Waals surface area contributed by atoms with Gasteiger partial charge in [0.25, 0.3) is 0 Å². The van der Waals surface area contributed by atoms with Gasteiger partial charge in [-0.2, -0.15) is 0 Å². The van der Waals surface area contributed by atoms with Crippen molar-refractivity contribution >= 4 is 5.78 Å². The highest BCUT2D eigenvalue weighted by Gasteiger charge is 2.15. The van der Waals surface area contributed by atoms with Gasteiger partial charge in [-0.3, -0.25) is 4.79 Å². The Hall–Kier alpha value is -2.87. The van der Waals surface area contributed by atoms with Gasteiger partial charge >= 0.3 is 0 Å². The molecule has 0 atom stereocenters. The van der Waals surface area contributed by atoms with Crippen LogP contribution in [0, 0.1) is 0 Å². The molecule has 0 aromatic heterocycles. The third-order valence-corrected chi connectivity index (χ3v) is 3.59. The number of benzene rings is 3. The number of ether oxygens (including phenoxy) is 1. The molecule has 3 aromatic carbocycles. The van der Waals surface area contributed by atoms with E-state index in [1.54, 1.807) is 7.11 Å². The van der Waals surface area contributed by atoms with Gasteiger partial charge < -0.3 is 4.74 Å². The van der Waals surface area contributed by atoms with Crippen LogP contribution in [0.5, 0.6) is 5.75 Å². The fraction of sp³-hybridized carbons (Fsp3) is 0.0500. The number of carbonyl (C=O) groups excluding carboxylic acids is 1. The molecule has 0 aliphatic carbocycles. The fourth-order valence-corrected chi connectivity index (χ4v) is 2.43. The molecule has 3 aromatic rings. The monoisotopic (exact) mass is 288 g/mol. The minimum atomic E-state index is -0.0305. The molecule has 0 bridgehead atoms. The standard InChI is InChI=1S/C20H16O2/c1-22-19-14-17(15-8-4-2-5-9-15)12-13-18(19)20(21)16-10-6-3-7-11-16/h2-14H,1H3. The van der Waals surface area contributed by atoms with Gasteiger partial charge in [0.05, 0.1) is 12.7 Å². The third kappa shape index (κ3) is 2.77. The van der Waals surface area contributed by atoms with Crippen LogP contribution in [0.25, 0.3) is 11.1 Å². The van der Waals surface area contributed by atoms with E-state index in [9.17, 15) is 4.79 Å². The number of carbonyl (C=O) groups is 1. The Balaban J connectivity index is 2.02. The van der Waals surface area contributed by atoms with Crippen molar-refractivity contribution in [1.29, 1.82) is 0 Å². The number of hydrogen-bond donors (Lipinski definition) is 0. The maximum atomic E-state index is 12.6. The lowest BCUT2D eigenvalue weighted by molar-refractivity contribution is 0.103.